The van der Waals surface area contributed by atoms with Gasteiger partial charge in [0.1, 0.15) is 0 Å². The quantitative estimate of drug-likeness (QED) is 0.595. The predicted molar refractivity (Wildman–Crippen MR) is 75.7 cm³/mol. The van der Waals surface area contributed by atoms with Crippen molar-refractivity contribution in [3.8, 4) is 0 Å². The Labute approximate surface area is 115 Å². The maximum Gasteiger partial charge on any atom is 0.222 e. The maximum atomic E-state index is 11.6. The Morgan fingerprint density at radius 3 is 2.63 bits per heavy atom. The van der Waals surface area contributed by atoms with Gasteiger partial charge >= 0.3 is 0 Å². The summed E-state index contributed by atoms with van der Waals surface area (Å²) in [6.07, 6.45) is 3.99. The number of carbonyl (C=O) groups excluding carboxylic acids is 2. The van der Waals surface area contributed by atoms with Gasteiger partial charge in [-0.25, -0.2) is 0 Å². The lowest BCUT2D eigenvalue weighted by molar-refractivity contribution is -0.124. The molecule has 3 N–H and O–H groups in total. The van der Waals surface area contributed by atoms with Crippen molar-refractivity contribution >= 4 is 11.8 Å². The van der Waals surface area contributed by atoms with Crippen molar-refractivity contribution in [2.24, 2.45) is 11.8 Å². The van der Waals surface area contributed by atoms with Crippen LogP contribution in [0.4, 0.5) is 0 Å². The molecule has 0 spiro atoms. The average molecular weight is 269 g/mol. The molecule has 0 radical (unpaired) electrons. The molecule has 1 atom stereocenters. The summed E-state index contributed by atoms with van der Waals surface area (Å²) in [6.45, 7) is 6.88. The number of hydrogen-bond donors (Lipinski definition) is 3. The van der Waals surface area contributed by atoms with E-state index in [-0.39, 0.29) is 17.7 Å². The SMILES string of the molecule is CC(C)C(=O)NCCNC(=O)CCC1CCCNC1. The molecule has 19 heavy (non-hydrogen) atoms. The molecule has 0 bridgehead atoms. The van der Waals surface area contributed by atoms with Gasteiger partial charge in [-0.15, -0.1) is 0 Å². The summed E-state index contributed by atoms with van der Waals surface area (Å²) in [5.41, 5.74) is 0. The van der Waals surface area contributed by atoms with Gasteiger partial charge in [0.2, 0.25) is 11.8 Å². The minimum Gasteiger partial charge on any atom is -0.354 e. The van der Waals surface area contributed by atoms with Crippen LogP contribution in [0, 0.1) is 11.8 Å². The second-order valence-electron chi connectivity index (χ2n) is 5.55. The molecule has 1 aliphatic heterocycles. The molecule has 1 rings (SSSR count). The third kappa shape index (κ3) is 7.15. The Balaban J connectivity index is 2.00. The highest BCUT2D eigenvalue weighted by atomic mass is 16.2. The molecule has 1 saturated heterocycles. The Morgan fingerprint density at radius 1 is 1.26 bits per heavy atom. The Hall–Kier alpha value is -1.10. The van der Waals surface area contributed by atoms with E-state index in [1.807, 2.05) is 13.8 Å². The van der Waals surface area contributed by atoms with Gasteiger partial charge in [0.25, 0.3) is 0 Å². The highest BCUT2D eigenvalue weighted by molar-refractivity contribution is 5.78. The molecule has 0 aromatic carbocycles. The van der Waals surface area contributed by atoms with E-state index in [0.717, 1.165) is 19.5 Å². The smallest absolute Gasteiger partial charge is 0.222 e. The molecular weight excluding hydrogens is 242 g/mol. The summed E-state index contributed by atoms with van der Waals surface area (Å²) >= 11 is 0. The van der Waals surface area contributed by atoms with Crippen LogP contribution in [0.15, 0.2) is 0 Å². The van der Waals surface area contributed by atoms with Crippen LogP contribution in [-0.2, 0) is 9.59 Å². The van der Waals surface area contributed by atoms with E-state index in [0.29, 0.717) is 25.4 Å². The highest BCUT2D eigenvalue weighted by Gasteiger charge is 2.14. The summed E-state index contributed by atoms with van der Waals surface area (Å²) in [4.78, 5) is 22.9. The fourth-order valence-electron chi connectivity index (χ4n) is 2.19. The van der Waals surface area contributed by atoms with Gasteiger partial charge in [0.15, 0.2) is 0 Å². The monoisotopic (exact) mass is 269 g/mol. The maximum absolute atomic E-state index is 11.6. The molecule has 0 aromatic heterocycles. The Bertz CT molecular complexity index is 286. The van der Waals surface area contributed by atoms with Crippen LogP contribution in [0.3, 0.4) is 0 Å². The summed E-state index contributed by atoms with van der Waals surface area (Å²) in [5.74, 6) is 0.751. The van der Waals surface area contributed by atoms with E-state index in [4.69, 9.17) is 0 Å². The molecule has 0 saturated carbocycles. The highest BCUT2D eigenvalue weighted by Crippen LogP contribution is 2.15. The van der Waals surface area contributed by atoms with Gasteiger partial charge in [-0.1, -0.05) is 13.8 Å². The standard InChI is InChI=1S/C14H27N3O2/c1-11(2)14(19)17-9-8-16-13(18)6-5-12-4-3-7-15-10-12/h11-12,15H,3-10H2,1-2H3,(H,16,18)(H,17,19). The summed E-state index contributed by atoms with van der Waals surface area (Å²) < 4.78 is 0. The van der Waals surface area contributed by atoms with Crippen LogP contribution in [0.2, 0.25) is 0 Å². The fourth-order valence-corrected chi connectivity index (χ4v) is 2.19. The molecule has 2 amide bonds. The molecule has 110 valence electrons. The molecule has 0 aromatic rings. The van der Waals surface area contributed by atoms with Crippen molar-refractivity contribution in [1.29, 1.82) is 0 Å². The topological polar surface area (TPSA) is 70.2 Å². The third-order valence-electron chi connectivity index (χ3n) is 3.45. The van der Waals surface area contributed by atoms with E-state index < -0.39 is 0 Å². The molecule has 5 heteroatoms. The van der Waals surface area contributed by atoms with Crippen molar-refractivity contribution in [3.63, 3.8) is 0 Å². The van der Waals surface area contributed by atoms with Crippen LogP contribution in [0.5, 0.6) is 0 Å². The van der Waals surface area contributed by atoms with Crippen molar-refractivity contribution in [2.45, 2.75) is 39.5 Å². The van der Waals surface area contributed by atoms with Gasteiger partial charge in [-0.2, -0.15) is 0 Å². The van der Waals surface area contributed by atoms with Gasteiger partial charge < -0.3 is 16.0 Å². The number of piperidine rings is 1. The molecule has 1 fully saturated rings. The predicted octanol–water partition coefficient (Wildman–Crippen LogP) is 0.655. The number of amides is 2. The minimum atomic E-state index is -0.00509. The van der Waals surface area contributed by atoms with Crippen LogP contribution < -0.4 is 16.0 Å². The van der Waals surface area contributed by atoms with Gasteiger partial charge in [-0.05, 0) is 38.3 Å². The first-order chi connectivity index (χ1) is 9.09. The average Bonchev–Trinajstić information content (AvgIpc) is 2.42. The zero-order valence-corrected chi connectivity index (χ0v) is 12.1. The zero-order chi connectivity index (χ0) is 14.1. The largest absolute Gasteiger partial charge is 0.354 e. The molecule has 1 aliphatic rings. The minimum absolute atomic E-state index is 0.00509. The van der Waals surface area contributed by atoms with Crippen molar-refractivity contribution in [3.05, 3.63) is 0 Å². The number of hydrogen-bond acceptors (Lipinski definition) is 3. The summed E-state index contributed by atoms with van der Waals surface area (Å²) in [5, 5.41) is 8.98. The molecule has 1 unspecified atom stereocenters. The normalized spacial score (nSPS) is 19.2. The fraction of sp³-hybridized carbons (Fsp3) is 0.857. The van der Waals surface area contributed by atoms with E-state index in [9.17, 15) is 9.59 Å². The number of carbonyl (C=O) groups is 2. The summed E-state index contributed by atoms with van der Waals surface area (Å²) in [6, 6.07) is 0. The molecule has 1 heterocycles. The third-order valence-corrected chi connectivity index (χ3v) is 3.45. The lowest BCUT2D eigenvalue weighted by Gasteiger charge is -2.22. The zero-order valence-electron chi connectivity index (χ0n) is 12.1. The van der Waals surface area contributed by atoms with E-state index in [1.165, 1.54) is 12.8 Å². The van der Waals surface area contributed by atoms with Crippen LogP contribution in [-0.4, -0.2) is 38.0 Å². The van der Waals surface area contributed by atoms with Crippen molar-refractivity contribution < 1.29 is 9.59 Å². The second kappa shape index (κ2) is 8.91. The number of rotatable bonds is 7. The van der Waals surface area contributed by atoms with Gasteiger partial charge in [-0.3, -0.25) is 9.59 Å². The Kier molecular flexibility index (Phi) is 7.48. The number of nitrogens with one attached hydrogen (secondary N) is 3. The lowest BCUT2D eigenvalue weighted by atomic mass is 9.94. The first-order valence-corrected chi connectivity index (χ1v) is 7.34. The molecular formula is C14H27N3O2. The van der Waals surface area contributed by atoms with Crippen LogP contribution in [0.1, 0.15) is 39.5 Å². The molecule has 0 aliphatic carbocycles. The first kappa shape index (κ1) is 16.0. The van der Waals surface area contributed by atoms with E-state index in [2.05, 4.69) is 16.0 Å². The van der Waals surface area contributed by atoms with E-state index >= 15 is 0 Å². The van der Waals surface area contributed by atoms with Gasteiger partial charge in [0.05, 0.1) is 0 Å². The lowest BCUT2D eigenvalue weighted by Crippen LogP contribution is -2.36. The Morgan fingerprint density at radius 2 is 2.00 bits per heavy atom. The van der Waals surface area contributed by atoms with Gasteiger partial charge in [0, 0.05) is 25.4 Å². The molecule has 5 nitrogen and oxygen atoms in total. The van der Waals surface area contributed by atoms with Crippen LogP contribution >= 0.6 is 0 Å². The summed E-state index contributed by atoms with van der Waals surface area (Å²) in [7, 11) is 0. The van der Waals surface area contributed by atoms with Crippen molar-refractivity contribution in [2.75, 3.05) is 26.2 Å². The first-order valence-electron chi connectivity index (χ1n) is 7.34. The van der Waals surface area contributed by atoms with E-state index in [1.54, 1.807) is 0 Å². The van der Waals surface area contributed by atoms with Crippen molar-refractivity contribution in [1.82, 2.24) is 16.0 Å². The second-order valence-corrected chi connectivity index (χ2v) is 5.55. The van der Waals surface area contributed by atoms with Crippen LogP contribution in [0.25, 0.3) is 0 Å².